The fourth-order valence-corrected chi connectivity index (χ4v) is 6.09. The topological polar surface area (TPSA) is 65.7 Å². The summed E-state index contributed by atoms with van der Waals surface area (Å²) < 4.78 is 0. The predicted molar refractivity (Wildman–Crippen MR) is 192 cm³/mol. The van der Waals surface area contributed by atoms with Crippen LogP contribution in [0.1, 0.15) is 0 Å². The van der Waals surface area contributed by atoms with E-state index < -0.39 is 0 Å². The zero-order valence-electron chi connectivity index (χ0n) is 26.0. The van der Waals surface area contributed by atoms with Crippen LogP contribution in [0.3, 0.4) is 0 Å². The molecule has 48 heavy (non-hydrogen) atoms. The number of pyridine rings is 5. The third-order valence-electron chi connectivity index (χ3n) is 8.49. The molecule has 0 atom stereocenters. The van der Waals surface area contributed by atoms with Crippen LogP contribution in [0.5, 0.6) is 0 Å². The molecule has 0 bridgehead atoms. The van der Waals surface area contributed by atoms with Crippen LogP contribution in [0.4, 0.5) is 0 Å². The fourth-order valence-electron chi connectivity index (χ4n) is 6.09. The number of nitrogens with zero attached hydrogens (tertiary/aromatic N) is 4. The summed E-state index contributed by atoms with van der Waals surface area (Å²) in [6.45, 7) is 0. The molecular formula is C43H30N5+. The Balaban J connectivity index is 1.36. The number of rotatable bonds is 7. The minimum atomic E-state index is 1.06. The first-order valence-electron chi connectivity index (χ1n) is 15.8. The Kier molecular flexibility index (Phi) is 7.83. The van der Waals surface area contributed by atoms with Gasteiger partial charge >= 0.3 is 0 Å². The molecule has 5 aromatic heterocycles. The summed E-state index contributed by atoms with van der Waals surface area (Å²) in [5, 5.41) is 0. The van der Waals surface area contributed by atoms with Crippen LogP contribution in [-0.2, 0) is 0 Å². The third kappa shape index (κ3) is 6.13. The summed E-state index contributed by atoms with van der Waals surface area (Å²) in [4.78, 5) is 20.9. The van der Waals surface area contributed by atoms with Crippen molar-refractivity contribution >= 4 is 0 Å². The highest BCUT2D eigenvalue weighted by atomic mass is 14.6. The summed E-state index contributed by atoms with van der Waals surface area (Å²) in [6.07, 6.45) is 18.9. The van der Waals surface area contributed by atoms with Crippen molar-refractivity contribution in [1.29, 1.82) is 0 Å². The molecule has 0 spiro atoms. The molecule has 0 aliphatic rings. The second-order valence-corrected chi connectivity index (χ2v) is 11.7. The van der Waals surface area contributed by atoms with Crippen LogP contribution in [-0.4, -0.2) is 19.9 Å². The second-order valence-electron chi connectivity index (χ2n) is 11.7. The van der Waals surface area contributed by atoms with Gasteiger partial charge in [-0.15, -0.1) is 0 Å². The Morgan fingerprint density at radius 3 is 0.812 bits per heavy atom. The van der Waals surface area contributed by atoms with E-state index in [-0.39, 0.29) is 0 Å². The molecule has 1 N–H and O–H groups in total. The second kappa shape index (κ2) is 13.0. The number of aromatic nitrogens is 5. The SMILES string of the molecule is c1cncc(-c2cc(-c3cccnc3)cc(-c3cc(-c4ccc[nH+]c4)cc(-c4cc(-c5cccnc5)cc(-c5cccnc5)c4)c3)c2)c1. The number of nitrogens with one attached hydrogen (secondary N) is 1. The molecule has 8 rings (SSSR count). The molecule has 5 nitrogen and oxygen atoms in total. The zero-order valence-corrected chi connectivity index (χ0v) is 26.0. The van der Waals surface area contributed by atoms with Gasteiger partial charge in [-0.2, -0.15) is 0 Å². The van der Waals surface area contributed by atoms with E-state index in [4.69, 9.17) is 0 Å². The Labute approximate surface area is 279 Å². The molecule has 5 heteroatoms. The maximum absolute atomic E-state index is 4.42. The minimum absolute atomic E-state index is 1.06. The van der Waals surface area contributed by atoms with Gasteiger partial charge < -0.3 is 0 Å². The third-order valence-corrected chi connectivity index (χ3v) is 8.49. The first kappa shape index (κ1) is 28.9. The molecular weight excluding hydrogens is 587 g/mol. The molecule has 3 aromatic carbocycles. The van der Waals surface area contributed by atoms with Crippen LogP contribution in [0.2, 0.25) is 0 Å². The van der Waals surface area contributed by atoms with Gasteiger partial charge in [0.25, 0.3) is 0 Å². The summed E-state index contributed by atoms with van der Waals surface area (Å²) >= 11 is 0. The molecule has 226 valence electrons. The molecule has 5 heterocycles. The molecule has 0 saturated carbocycles. The fraction of sp³-hybridized carbons (Fsp3) is 0. The van der Waals surface area contributed by atoms with Gasteiger partial charge in [-0.25, -0.2) is 4.98 Å². The van der Waals surface area contributed by atoms with Crippen LogP contribution < -0.4 is 4.98 Å². The number of benzene rings is 3. The van der Waals surface area contributed by atoms with Gasteiger partial charge in [0.05, 0.1) is 0 Å². The van der Waals surface area contributed by atoms with Crippen molar-refractivity contribution in [2.75, 3.05) is 0 Å². The van der Waals surface area contributed by atoms with E-state index in [0.29, 0.717) is 0 Å². The highest BCUT2D eigenvalue weighted by Gasteiger charge is 2.14. The van der Waals surface area contributed by atoms with Gasteiger partial charge in [-0.05, 0) is 135 Å². The first-order valence-corrected chi connectivity index (χ1v) is 15.8. The average molecular weight is 617 g/mol. The quantitative estimate of drug-likeness (QED) is 0.179. The predicted octanol–water partition coefficient (Wildman–Crippen LogP) is 9.75. The van der Waals surface area contributed by atoms with Crippen LogP contribution in [0, 0.1) is 0 Å². The van der Waals surface area contributed by atoms with Crippen molar-refractivity contribution in [1.82, 2.24) is 19.9 Å². The van der Waals surface area contributed by atoms with E-state index in [9.17, 15) is 0 Å². The monoisotopic (exact) mass is 616 g/mol. The number of hydrogen-bond donors (Lipinski definition) is 0. The molecule has 8 aromatic rings. The van der Waals surface area contributed by atoms with E-state index >= 15 is 0 Å². The normalized spacial score (nSPS) is 10.9. The molecule has 0 aliphatic carbocycles. The lowest BCUT2D eigenvalue weighted by atomic mass is 9.89. The Morgan fingerprint density at radius 1 is 0.292 bits per heavy atom. The Hall–Kier alpha value is -6.59. The van der Waals surface area contributed by atoms with Crippen LogP contribution >= 0.6 is 0 Å². The molecule has 0 aliphatic heterocycles. The van der Waals surface area contributed by atoms with Gasteiger partial charge in [-0.1, -0.05) is 24.3 Å². The van der Waals surface area contributed by atoms with Gasteiger partial charge in [0.1, 0.15) is 0 Å². The van der Waals surface area contributed by atoms with E-state index in [1.165, 1.54) is 0 Å². The van der Waals surface area contributed by atoms with Gasteiger partial charge in [0.2, 0.25) is 0 Å². The largest absolute Gasteiger partial charge is 0.264 e. The Morgan fingerprint density at radius 2 is 0.562 bits per heavy atom. The maximum atomic E-state index is 4.42. The number of H-pyrrole nitrogens is 1. The van der Waals surface area contributed by atoms with Crippen molar-refractivity contribution in [2.24, 2.45) is 0 Å². The lowest BCUT2D eigenvalue weighted by Crippen LogP contribution is -1.98. The molecule has 0 unspecified atom stereocenters. The first-order chi connectivity index (χ1) is 23.8. The molecule has 0 fully saturated rings. The lowest BCUT2D eigenvalue weighted by Gasteiger charge is -2.15. The smallest absolute Gasteiger partial charge is 0.174 e. The number of hydrogen-bond acceptors (Lipinski definition) is 4. The highest BCUT2D eigenvalue weighted by molar-refractivity contribution is 5.88. The van der Waals surface area contributed by atoms with Crippen molar-refractivity contribution in [3.63, 3.8) is 0 Å². The highest BCUT2D eigenvalue weighted by Crippen LogP contribution is 2.39. The lowest BCUT2D eigenvalue weighted by molar-refractivity contribution is -0.377. The summed E-state index contributed by atoms with van der Waals surface area (Å²) in [6, 6.07) is 40.8. The molecule has 0 saturated heterocycles. The van der Waals surface area contributed by atoms with Crippen molar-refractivity contribution < 1.29 is 4.98 Å². The maximum Gasteiger partial charge on any atom is 0.174 e. The Bertz CT molecular complexity index is 2050. The standard InChI is InChI=1S/C43H29N5/c1-6-30(25-44-11-1)35-16-36(31-7-2-12-45-26-31)19-40(18-35)42-22-39(34-10-5-15-48-29-34)23-43(24-42)41-20-37(32-8-3-13-46-27-32)17-38(21-41)33-9-4-14-47-28-33/h1-29H/p+1. The van der Waals surface area contributed by atoms with Crippen LogP contribution in [0.15, 0.2) is 177 Å². The molecule has 0 amide bonds. The van der Waals surface area contributed by atoms with Gasteiger partial charge in [-0.3, -0.25) is 19.9 Å². The van der Waals surface area contributed by atoms with Crippen molar-refractivity contribution in [3.8, 4) is 77.9 Å². The van der Waals surface area contributed by atoms with Crippen molar-refractivity contribution in [3.05, 3.63) is 177 Å². The van der Waals surface area contributed by atoms with E-state index in [1.54, 1.807) is 24.8 Å². The van der Waals surface area contributed by atoms with Crippen LogP contribution in [0.25, 0.3) is 77.9 Å². The zero-order chi connectivity index (χ0) is 32.1. The summed E-state index contributed by atoms with van der Waals surface area (Å²) in [5.41, 5.74) is 15.3. The summed E-state index contributed by atoms with van der Waals surface area (Å²) in [5.74, 6) is 0. The minimum Gasteiger partial charge on any atom is -0.264 e. The van der Waals surface area contributed by atoms with E-state index in [1.807, 2.05) is 67.5 Å². The summed E-state index contributed by atoms with van der Waals surface area (Å²) in [7, 11) is 0. The average Bonchev–Trinajstić information content (AvgIpc) is 3.19. The number of aromatic amines is 1. The van der Waals surface area contributed by atoms with E-state index in [0.717, 1.165) is 77.9 Å². The van der Waals surface area contributed by atoms with Gasteiger partial charge in [0, 0.05) is 83.5 Å². The van der Waals surface area contributed by atoms with E-state index in [2.05, 4.69) is 110 Å². The van der Waals surface area contributed by atoms with Crippen molar-refractivity contribution in [2.45, 2.75) is 0 Å². The van der Waals surface area contributed by atoms with Gasteiger partial charge in [0.15, 0.2) is 12.4 Å². The molecule has 0 radical (unpaired) electrons.